The Morgan fingerprint density at radius 2 is 0.802 bits per heavy atom. The van der Waals surface area contributed by atoms with Crippen molar-refractivity contribution in [3.63, 3.8) is 0 Å². The fourth-order valence-corrected chi connectivity index (χ4v) is 9.48. The summed E-state index contributed by atoms with van der Waals surface area (Å²) < 4.78 is 22.0. The van der Waals surface area contributed by atoms with Crippen LogP contribution in [0.15, 0.2) is 200 Å². The number of aromatic amines is 2. The van der Waals surface area contributed by atoms with Crippen molar-refractivity contribution in [2.75, 3.05) is 67.8 Å². The molecule has 0 aliphatic carbocycles. The SMILES string of the molecule is C=CCC.C=CCn1cccc(CN)c1=O.C=CCn1cccc(CN2CCC(=O)NC2=O)c1=O.CCCOC.CNCc1ccc[nH]c1=O.COCCn1cccc(CN)c1=O.COCCn1cccc(CN2CCC(=O)NC2=O)c1=O.O=CCn1cccc(CN2CCC(=O)NC2=O)c1=O.[C-]#[N+]c1ccc[nH]c1=O. The monoisotopic (exact) mass is 1540 g/mol. The molecule has 3 fully saturated rings. The molecule has 3 aliphatic heterocycles. The number of hydrogen-bond donors (Lipinski definition) is 8. The number of amides is 9. The van der Waals surface area contributed by atoms with E-state index in [0.29, 0.717) is 93.1 Å². The maximum absolute atomic E-state index is 12.2. The number of allylic oxidation sites excluding steroid dienone is 3. The van der Waals surface area contributed by atoms with Crippen molar-refractivity contribution in [2.45, 2.75) is 118 Å². The van der Waals surface area contributed by atoms with Gasteiger partial charge >= 0.3 is 18.1 Å². The summed E-state index contributed by atoms with van der Waals surface area (Å²) in [4.78, 5) is 171. The third kappa shape index (κ3) is 35.0. The Balaban J connectivity index is 0.000000438. The second-order valence-corrected chi connectivity index (χ2v) is 23.5. The van der Waals surface area contributed by atoms with Crippen LogP contribution in [0.1, 0.15) is 79.3 Å². The molecule has 0 atom stereocenters. The molecular weight excluding hydrogens is 1430 g/mol. The van der Waals surface area contributed by atoms with E-state index in [-0.39, 0.29) is 127 Å². The van der Waals surface area contributed by atoms with Crippen LogP contribution in [0.2, 0.25) is 0 Å². The number of methoxy groups -OCH3 is 3. The normalized spacial score (nSPS) is 12.4. The number of nitrogens with one attached hydrogen (secondary N) is 6. The van der Waals surface area contributed by atoms with Gasteiger partial charge in [0.1, 0.15) is 6.29 Å². The van der Waals surface area contributed by atoms with Gasteiger partial charge in [0.25, 0.3) is 38.9 Å². The molecule has 111 heavy (non-hydrogen) atoms. The maximum Gasteiger partial charge on any atom is 0.324 e. The first kappa shape index (κ1) is 94.7. The molecule has 9 amide bonds. The summed E-state index contributed by atoms with van der Waals surface area (Å²) in [6.07, 6.45) is 20.2. The van der Waals surface area contributed by atoms with Crippen LogP contribution >= 0.6 is 0 Å². The lowest BCUT2D eigenvalue weighted by molar-refractivity contribution is -0.122. The molecule has 0 aromatic carbocycles. The maximum atomic E-state index is 12.2. The molecule has 0 radical (unpaired) electrons. The third-order valence-electron chi connectivity index (χ3n) is 15.3. The molecule has 0 spiro atoms. The van der Waals surface area contributed by atoms with Gasteiger partial charge in [0.05, 0.1) is 46.0 Å². The molecule has 10 rings (SSSR count). The Morgan fingerprint density at radius 1 is 0.468 bits per heavy atom. The molecule has 598 valence electrons. The second-order valence-electron chi connectivity index (χ2n) is 23.5. The minimum absolute atomic E-state index is 0.0165. The molecule has 3 aliphatic rings. The second kappa shape index (κ2) is 55.1. The van der Waals surface area contributed by atoms with Crippen molar-refractivity contribution in [3.8, 4) is 0 Å². The molecule has 0 saturated carbocycles. The minimum Gasteiger partial charge on any atom is -0.385 e. The van der Waals surface area contributed by atoms with E-state index in [1.165, 1.54) is 42.3 Å². The molecule has 7 aromatic rings. The smallest absolute Gasteiger partial charge is 0.324 e. The fourth-order valence-electron chi connectivity index (χ4n) is 9.48. The number of ether oxygens (including phenoxy) is 3. The van der Waals surface area contributed by atoms with E-state index >= 15 is 0 Å². The molecule has 0 bridgehead atoms. The van der Waals surface area contributed by atoms with E-state index < -0.39 is 18.1 Å². The van der Waals surface area contributed by atoms with Gasteiger partial charge in [-0.1, -0.05) is 74.5 Å². The van der Waals surface area contributed by atoms with Gasteiger partial charge in [-0.05, 0) is 62.4 Å². The van der Waals surface area contributed by atoms with E-state index in [4.69, 9.17) is 32.3 Å². The number of nitrogens with two attached hydrogens (primary N) is 2. The van der Waals surface area contributed by atoms with E-state index in [1.807, 2.05) is 31.3 Å². The number of rotatable bonds is 25. The van der Waals surface area contributed by atoms with Crippen molar-refractivity contribution < 1.29 is 47.8 Å². The standard InChI is InChI=1S/C13H17N3O4.C13H15N3O3.C12H13N3O4.C9H14N2O2.C9H12N2O.C7H10N2O.C6H4N2O.C4H10O.C4H8/c1-20-8-7-15-5-2-3-10(12(15)18)9-16-6-4-11(17)14-13(16)19;1-2-6-15-7-3-4-10(12(15)18)9-16-8-5-11(17)14-13(16)19;16-7-6-14-4-1-2-9(11(14)18)8-15-5-3-10(17)13-12(15)19;1-13-6-5-11-4-2-3-8(7-10)9(11)12;1-2-5-11-6-3-4-8(7-10)9(11)12;1-8-5-6-3-2-4-9-7(6)10;1-7-5-3-2-4-8-6(5)9;1-3-4-5-2;1-3-4-2/h2-3,5H,4,6-9H2,1H3,(H,14,17,19);2-4,7H,1,5-6,8-9H2,(H,14,17,19);1-2,4,7H,3,5-6,8H2,(H,13,17,19);2-4H,5-7,10H2,1H3;2-4,6H,1,5,7,10H2;2-4,8H,5H2,1H3,(H,9,10);2-4H,(H,8,9);3-4H2,1-2H3;3H,1,4H2,2H3. The summed E-state index contributed by atoms with van der Waals surface area (Å²) >= 11 is 0. The van der Waals surface area contributed by atoms with Crippen LogP contribution < -0.4 is 71.6 Å². The lowest BCUT2D eigenvalue weighted by Gasteiger charge is -2.26. The highest BCUT2D eigenvalue weighted by Gasteiger charge is 2.26. The zero-order valence-electron chi connectivity index (χ0n) is 63.7. The van der Waals surface area contributed by atoms with Crippen LogP contribution in [0.3, 0.4) is 0 Å². The number of urea groups is 3. The van der Waals surface area contributed by atoms with Crippen LogP contribution in [-0.2, 0) is 105 Å². The van der Waals surface area contributed by atoms with E-state index in [9.17, 15) is 67.1 Å². The number of carbonyl (C=O) groups is 7. The van der Waals surface area contributed by atoms with Crippen LogP contribution in [0.5, 0.6) is 0 Å². The number of H-pyrrole nitrogens is 2. The first-order valence-corrected chi connectivity index (χ1v) is 35.1. The quantitative estimate of drug-likeness (QED) is 0.0228. The summed E-state index contributed by atoms with van der Waals surface area (Å²) in [5.41, 5.74) is 13.4. The van der Waals surface area contributed by atoms with Crippen LogP contribution in [-0.4, -0.2) is 157 Å². The Bertz CT molecular complexity index is 4500. The summed E-state index contributed by atoms with van der Waals surface area (Å²) in [6, 6.07) is 22.6. The molecule has 7 aromatic heterocycles. The number of hydrogen-bond acceptors (Lipinski definition) is 20. The average Bonchev–Trinajstić information content (AvgIpc) is 0.845. The topological polar surface area (TPSA) is 437 Å². The Hall–Kier alpha value is -12.4. The minimum atomic E-state index is -0.499. The zero-order valence-corrected chi connectivity index (χ0v) is 63.7. The van der Waals surface area contributed by atoms with Crippen LogP contribution in [0.4, 0.5) is 20.1 Å². The van der Waals surface area contributed by atoms with E-state index in [2.05, 4.69) is 69.7 Å². The highest BCUT2D eigenvalue weighted by Crippen LogP contribution is 2.09. The van der Waals surface area contributed by atoms with Gasteiger partial charge in [0.2, 0.25) is 23.4 Å². The molecule has 10 heterocycles. The van der Waals surface area contributed by atoms with Gasteiger partial charge in [-0.2, -0.15) is 0 Å². The van der Waals surface area contributed by atoms with Gasteiger partial charge in [0.15, 0.2) is 0 Å². The zero-order chi connectivity index (χ0) is 82.5. The Labute approximate surface area is 642 Å². The number of pyridine rings is 7. The van der Waals surface area contributed by atoms with Gasteiger partial charge in [0, 0.05) is 189 Å². The Kier molecular flexibility index (Phi) is 47.0. The number of imide groups is 3. The summed E-state index contributed by atoms with van der Waals surface area (Å²) in [6.45, 7) is 27.8. The molecule has 34 heteroatoms. The van der Waals surface area contributed by atoms with Gasteiger partial charge in [-0.25, -0.2) is 19.2 Å². The average molecular weight is 1540 g/mol. The van der Waals surface area contributed by atoms with E-state index in [0.717, 1.165) is 25.0 Å². The summed E-state index contributed by atoms with van der Waals surface area (Å²) in [5, 5.41) is 9.57. The predicted molar refractivity (Wildman–Crippen MR) is 421 cm³/mol. The molecular formula is C77H103N17O17. The molecule has 10 N–H and O–H groups in total. The van der Waals surface area contributed by atoms with Crippen molar-refractivity contribution >= 4 is 47.8 Å². The number of aromatic nitrogens is 7. The van der Waals surface area contributed by atoms with Gasteiger partial charge in [-0.15, -0.1) is 19.7 Å². The Morgan fingerprint density at radius 3 is 1.10 bits per heavy atom. The summed E-state index contributed by atoms with van der Waals surface area (Å²) in [7, 11) is 6.71. The van der Waals surface area contributed by atoms with Crippen molar-refractivity contribution in [3.05, 3.63) is 284 Å². The third-order valence-corrected chi connectivity index (χ3v) is 15.3. The summed E-state index contributed by atoms with van der Waals surface area (Å²) in [5.74, 6) is -0.872. The van der Waals surface area contributed by atoms with Gasteiger partial charge < -0.3 is 83.3 Å². The fraction of sp³-hybridized carbons (Fsp3) is 0.364. The molecule has 34 nitrogen and oxygen atoms in total. The highest BCUT2D eigenvalue weighted by molar-refractivity contribution is 5.97. The van der Waals surface area contributed by atoms with E-state index in [1.54, 1.807) is 139 Å². The first-order valence-electron chi connectivity index (χ1n) is 35.1. The lowest BCUT2D eigenvalue weighted by Crippen LogP contribution is -2.49. The number of carbonyl (C=O) groups excluding carboxylic acids is 7. The van der Waals surface area contributed by atoms with Crippen molar-refractivity contribution in [2.24, 2.45) is 11.5 Å². The first-order chi connectivity index (χ1) is 53.4. The highest BCUT2D eigenvalue weighted by atomic mass is 16.5. The predicted octanol–water partition coefficient (Wildman–Crippen LogP) is 3.99. The van der Waals surface area contributed by atoms with Crippen LogP contribution in [0.25, 0.3) is 4.85 Å². The molecule has 0 unspecified atom stereocenters. The largest absolute Gasteiger partial charge is 0.385 e. The lowest BCUT2D eigenvalue weighted by atomic mass is 10.2. The number of aldehydes is 1. The molecule has 3 saturated heterocycles. The van der Waals surface area contributed by atoms with Crippen molar-refractivity contribution in [1.29, 1.82) is 0 Å². The van der Waals surface area contributed by atoms with Crippen molar-refractivity contribution in [1.82, 2.24) is 68.8 Å². The number of nitrogens with zero attached hydrogens (tertiary/aromatic N) is 9. The van der Waals surface area contributed by atoms with Gasteiger partial charge in [-0.3, -0.25) is 63.9 Å². The van der Waals surface area contributed by atoms with Crippen LogP contribution in [0, 0.1) is 6.57 Å².